The molecule has 0 aliphatic heterocycles. The molecule has 0 heterocycles. The number of nitrogen functional groups attached to an aromatic ring is 1. The van der Waals surface area contributed by atoms with Crippen LogP contribution in [0.25, 0.3) is 0 Å². The van der Waals surface area contributed by atoms with Gasteiger partial charge in [-0.05, 0) is 36.9 Å². The van der Waals surface area contributed by atoms with Crippen molar-refractivity contribution in [2.75, 3.05) is 12.3 Å². The zero-order valence-electron chi connectivity index (χ0n) is 9.86. The van der Waals surface area contributed by atoms with E-state index in [4.69, 9.17) is 11.5 Å². The second-order valence-corrected chi connectivity index (χ2v) is 4.87. The Bertz CT molecular complexity index is 329. The molecule has 1 aromatic carbocycles. The predicted molar refractivity (Wildman–Crippen MR) is 69.2 cm³/mol. The minimum Gasteiger partial charge on any atom is -0.398 e. The first kappa shape index (κ1) is 11.5. The maximum absolute atomic E-state index is 6.05. The van der Waals surface area contributed by atoms with E-state index in [1.165, 1.54) is 37.7 Å². The maximum atomic E-state index is 6.05. The lowest BCUT2D eigenvalue weighted by Crippen LogP contribution is -2.24. The number of hydrogen-bond donors (Lipinski definition) is 2. The quantitative estimate of drug-likeness (QED) is 0.766. The van der Waals surface area contributed by atoms with Crippen LogP contribution in [0.3, 0.4) is 0 Å². The Morgan fingerprint density at radius 2 is 1.81 bits per heavy atom. The standard InChI is InChI=1S/C14H22N2/c15-10-13(11-6-2-1-3-7-11)12-8-4-5-9-14(12)16/h4-5,8-9,11,13H,1-3,6-7,10,15-16H2. The lowest BCUT2D eigenvalue weighted by Gasteiger charge is -2.30. The van der Waals surface area contributed by atoms with Crippen LogP contribution in [0.2, 0.25) is 0 Å². The Balaban J connectivity index is 2.18. The largest absolute Gasteiger partial charge is 0.398 e. The zero-order chi connectivity index (χ0) is 11.4. The van der Waals surface area contributed by atoms with E-state index in [-0.39, 0.29) is 0 Å². The van der Waals surface area contributed by atoms with Crippen LogP contribution < -0.4 is 11.5 Å². The average Bonchev–Trinajstić information content (AvgIpc) is 2.34. The summed E-state index contributed by atoms with van der Waals surface area (Å²) in [6.07, 6.45) is 6.73. The minimum atomic E-state index is 0.460. The van der Waals surface area contributed by atoms with Crippen LogP contribution >= 0.6 is 0 Å². The summed E-state index contributed by atoms with van der Waals surface area (Å²) in [5.74, 6) is 1.20. The highest BCUT2D eigenvalue weighted by molar-refractivity contribution is 5.48. The Morgan fingerprint density at radius 1 is 1.12 bits per heavy atom. The van der Waals surface area contributed by atoms with Gasteiger partial charge in [0.25, 0.3) is 0 Å². The molecule has 2 heteroatoms. The van der Waals surface area contributed by atoms with Gasteiger partial charge in [-0.15, -0.1) is 0 Å². The third-order valence-corrected chi connectivity index (χ3v) is 3.87. The summed E-state index contributed by atoms with van der Waals surface area (Å²) in [5.41, 5.74) is 14.2. The number of rotatable bonds is 3. The summed E-state index contributed by atoms with van der Waals surface area (Å²) in [4.78, 5) is 0. The molecule has 16 heavy (non-hydrogen) atoms. The summed E-state index contributed by atoms with van der Waals surface area (Å²) in [5, 5.41) is 0. The normalized spacial score (nSPS) is 19.6. The van der Waals surface area contributed by atoms with Crippen molar-refractivity contribution in [3.8, 4) is 0 Å². The molecule has 1 unspecified atom stereocenters. The van der Waals surface area contributed by atoms with Crippen molar-refractivity contribution in [2.24, 2.45) is 11.7 Å². The first-order valence-electron chi connectivity index (χ1n) is 6.37. The smallest absolute Gasteiger partial charge is 0.0349 e. The van der Waals surface area contributed by atoms with Crippen LogP contribution in [-0.2, 0) is 0 Å². The van der Waals surface area contributed by atoms with Gasteiger partial charge in [-0.1, -0.05) is 37.5 Å². The molecule has 88 valence electrons. The van der Waals surface area contributed by atoms with E-state index in [1.807, 2.05) is 12.1 Å². The monoisotopic (exact) mass is 218 g/mol. The topological polar surface area (TPSA) is 52.0 Å². The molecule has 2 rings (SSSR count). The van der Waals surface area contributed by atoms with Crippen LogP contribution in [0.4, 0.5) is 5.69 Å². The second kappa shape index (κ2) is 5.35. The fraction of sp³-hybridized carbons (Fsp3) is 0.571. The third kappa shape index (κ3) is 2.38. The van der Waals surface area contributed by atoms with E-state index in [9.17, 15) is 0 Å². The molecule has 2 nitrogen and oxygen atoms in total. The van der Waals surface area contributed by atoms with E-state index in [0.29, 0.717) is 5.92 Å². The third-order valence-electron chi connectivity index (χ3n) is 3.87. The Hall–Kier alpha value is -1.02. The van der Waals surface area contributed by atoms with Gasteiger partial charge in [0.05, 0.1) is 0 Å². The van der Waals surface area contributed by atoms with E-state index < -0.39 is 0 Å². The lowest BCUT2D eigenvalue weighted by molar-refractivity contribution is 0.308. The highest BCUT2D eigenvalue weighted by Gasteiger charge is 2.24. The maximum Gasteiger partial charge on any atom is 0.0349 e. The van der Waals surface area contributed by atoms with Gasteiger partial charge in [-0.25, -0.2) is 0 Å². The van der Waals surface area contributed by atoms with Gasteiger partial charge in [-0.2, -0.15) is 0 Å². The number of hydrogen-bond acceptors (Lipinski definition) is 2. The van der Waals surface area contributed by atoms with Crippen LogP contribution in [0.5, 0.6) is 0 Å². The van der Waals surface area contributed by atoms with Crippen molar-refractivity contribution in [2.45, 2.75) is 38.0 Å². The van der Waals surface area contributed by atoms with Crippen molar-refractivity contribution in [3.63, 3.8) is 0 Å². The molecule has 1 aliphatic rings. The summed E-state index contributed by atoms with van der Waals surface area (Å²) < 4.78 is 0. The van der Waals surface area contributed by atoms with Gasteiger partial charge in [-0.3, -0.25) is 0 Å². The predicted octanol–water partition coefficient (Wildman–Crippen LogP) is 2.89. The van der Waals surface area contributed by atoms with E-state index in [1.54, 1.807) is 0 Å². The molecule has 1 aromatic rings. The molecule has 1 saturated carbocycles. The van der Waals surface area contributed by atoms with Crippen molar-refractivity contribution >= 4 is 5.69 Å². The van der Waals surface area contributed by atoms with Gasteiger partial charge < -0.3 is 11.5 Å². The Morgan fingerprint density at radius 3 is 2.44 bits per heavy atom. The highest BCUT2D eigenvalue weighted by Crippen LogP contribution is 2.37. The molecular weight excluding hydrogens is 196 g/mol. The number of para-hydroxylation sites is 1. The van der Waals surface area contributed by atoms with Gasteiger partial charge in [0.1, 0.15) is 0 Å². The molecule has 0 aromatic heterocycles. The zero-order valence-corrected chi connectivity index (χ0v) is 9.86. The van der Waals surface area contributed by atoms with Gasteiger partial charge in [0.15, 0.2) is 0 Å². The molecule has 1 fully saturated rings. The molecule has 1 aliphatic carbocycles. The molecule has 0 bridgehead atoms. The summed E-state index contributed by atoms with van der Waals surface area (Å²) in [7, 11) is 0. The molecule has 0 amide bonds. The molecule has 0 saturated heterocycles. The van der Waals surface area contributed by atoms with Crippen LogP contribution in [0.15, 0.2) is 24.3 Å². The van der Waals surface area contributed by atoms with E-state index in [0.717, 1.165) is 18.2 Å². The van der Waals surface area contributed by atoms with Crippen molar-refractivity contribution in [1.29, 1.82) is 0 Å². The van der Waals surface area contributed by atoms with Gasteiger partial charge in [0, 0.05) is 11.6 Å². The van der Waals surface area contributed by atoms with Gasteiger partial charge >= 0.3 is 0 Å². The van der Waals surface area contributed by atoms with Crippen LogP contribution in [-0.4, -0.2) is 6.54 Å². The first-order valence-corrected chi connectivity index (χ1v) is 6.37. The SMILES string of the molecule is NCC(c1ccccc1N)C1CCCCC1. The molecule has 4 N–H and O–H groups in total. The number of nitrogens with two attached hydrogens (primary N) is 2. The van der Waals surface area contributed by atoms with Crippen molar-refractivity contribution < 1.29 is 0 Å². The Labute approximate surface area is 98.0 Å². The molecule has 1 atom stereocenters. The van der Waals surface area contributed by atoms with E-state index in [2.05, 4.69) is 12.1 Å². The highest BCUT2D eigenvalue weighted by atomic mass is 14.6. The first-order chi connectivity index (χ1) is 7.83. The fourth-order valence-corrected chi connectivity index (χ4v) is 2.96. The second-order valence-electron chi connectivity index (χ2n) is 4.87. The van der Waals surface area contributed by atoms with Gasteiger partial charge in [0.2, 0.25) is 0 Å². The fourth-order valence-electron chi connectivity index (χ4n) is 2.96. The number of benzene rings is 1. The van der Waals surface area contributed by atoms with Crippen LogP contribution in [0, 0.1) is 5.92 Å². The average molecular weight is 218 g/mol. The van der Waals surface area contributed by atoms with Crippen molar-refractivity contribution in [3.05, 3.63) is 29.8 Å². The minimum absolute atomic E-state index is 0.460. The summed E-state index contributed by atoms with van der Waals surface area (Å²) in [6.45, 7) is 0.721. The van der Waals surface area contributed by atoms with E-state index >= 15 is 0 Å². The summed E-state index contributed by atoms with van der Waals surface area (Å²) in [6, 6.07) is 8.19. The summed E-state index contributed by atoms with van der Waals surface area (Å²) >= 11 is 0. The molecule has 0 radical (unpaired) electrons. The van der Waals surface area contributed by atoms with Crippen molar-refractivity contribution in [1.82, 2.24) is 0 Å². The van der Waals surface area contributed by atoms with Crippen LogP contribution in [0.1, 0.15) is 43.6 Å². The molecular formula is C14H22N2. The Kier molecular flexibility index (Phi) is 3.83. The lowest BCUT2D eigenvalue weighted by atomic mass is 9.76. The number of anilines is 1. The molecule has 0 spiro atoms.